The maximum absolute atomic E-state index is 13.2. The fourth-order valence-electron chi connectivity index (χ4n) is 1.55. The molecule has 0 saturated heterocycles. The Kier molecular flexibility index (Phi) is 3.91. The Labute approximate surface area is 126 Å². The van der Waals surface area contributed by atoms with Crippen LogP contribution in [0.4, 0.5) is 15.8 Å². The maximum Gasteiger partial charge on any atom is 0.293 e. The van der Waals surface area contributed by atoms with Crippen LogP contribution in [0.25, 0.3) is 0 Å². The van der Waals surface area contributed by atoms with Gasteiger partial charge < -0.3 is 0 Å². The van der Waals surface area contributed by atoms with Gasteiger partial charge in [0.05, 0.1) is 4.92 Å². The molecule has 0 fully saturated rings. The van der Waals surface area contributed by atoms with E-state index in [1.807, 2.05) is 4.72 Å². The third kappa shape index (κ3) is 3.00. The molecule has 1 heterocycles. The van der Waals surface area contributed by atoms with Crippen LogP contribution in [0.15, 0.2) is 27.8 Å². The average molecular weight is 380 g/mol. The van der Waals surface area contributed by atoms with Crippen LogP contribution < -0.4 is 4.72 Å². The molecular formula is C9H7BrFN5O4S. The Morgan fingerprint density at radius 2 is 2.14 bits per heavy atom. The van der Waals surface area contributed by atoms with Crippen molar-refractivity contribution in [2.24, 2.45) is 7.05 Å². The van der Waals surface area contributed by atoms with E-state index in [4.69, 9.17) is 0 Å². The zero-order chi connectivity index (χ0) is 15.8. The lowest BCUT2D eigenvalue weighted by Gasteiger charge is -2.08. The Bertz CT molecular complexity index is 802. The molecule has 9 nitrogen and oxygen atoms in total. The van der Waals surface area contributed by atoms with Crippen LogP contribution in [-0.2, 0) is 17.1 Å². The molecule has 0 atom stereocenters. The summed E-state index contributed by atoms with van der Waals surface area (Å²) in [6.07, 6.45) is 0. The third-order valence-corrected chi connectivity index (χ3v) is 4.64. The van der Waals surface area contributed by atoms with Gasteiger partial charge in [-0.2, -0.15) is 8.42 Å². The summed E-state index contributed by atoms with van der Waals surface area (Å²) in [7, 11) is -2.91. The molecule has 12 heteroatoms. The Balaban J connectivity index is 2.51. The number of nitrogens with one attached hydrogen (secondary N) is 1. The first-order valence-corrected chi connectivity index (χ1v) is 7.52. The molecule has 1 N–H and O–H groups in total. The summed E-state index contributed by atoms with van der Waals surface area (Å²) in [5.41, 5.74) is -1.07. The van der Waals surface area contributed by atoms with Crippen molar-refractivity contribution < 1.29 is 17.7 Å². The van der Waals surface area contributed by atoms with Crippen LogP contribution in [0, 0.1) is 15.9 Å². The summed E-state index contributed by atoms with van der Waals surface area (Å²) in [6.45, 7) is 0. The van der Waals surface area contributed by atoms with E-state index in [0.29, 0.717) is 6.07 Å². The number of nitrogens with zero attached hydrogens (tertiary/aromatic N) is 4. The van der Waals surface area contributed by atoms with E-state index in [2.05, 4.69) is 26.2 Å². The Morgan fingerprint density at radius 1 is 1.48 bits per heavy atom. The summed E-state index contributed by atoms with van der Waals surface area (Å²) in [4.78, 5) is 10.0. The van der Waals surface area contributed by atoms with Crippen LogP contribution in [0.5, 0.6) is 0 Å². The van der Waals surface area contributed by atoms with Gasteiger partial charge in [-0.1, -0.05) is 5.21 Å². The van der Waals surface area contributed by atoms with Gasteiger partial charge in [0.1, 0.15) is 11.5 Å². The molecule has 1 aromatic heterocycles. The largest absolute Gasteiger partial charge is 0.293 e. The van der Waals surface area contributed by atoms with E-state index < -0.39 is 32.1 Å². The molecule has 21 heavy (non-hydrogen) atoms. The van der Waals surface area contributed by atoms with Crippen molar-refractivity contribution in [3.63, 3.8) is 0 Å². The molecule has 0 amide bonds. The number of halogens is 2. The van der Waals surface area contributed by atoms with Crippen molar-refractivity contribution in [2.75, 3.05) is 4.72 Å². The van der Waals surface area contributed by atoms with E-state index in [1.165, 1.54) is 7.05 Å². The summed E-state index contributed by atoms with van der Waals surface area (Å²) < 4.78 is 40.4. The first-order chi connectivity index (χ1) is 9.72. The van der Waals surface area contributed by atoms with Crippen molar-refractivity contribution in [3.05, 3.63) is 38.7 Å². The van der Waals surface area contributed by atoms with Gasteiger partial charge in [-0.3, -0.25) is 14.8 Å². The highest BCUT2D eigenvalue weighted by Gasteiger charge is 2.27. The molecule has 0 aliphatic carbocycles. The van der Waals surface area contributed by atoms with Gasteiger partial charge in [0.15, 0.2) is 4.60 Å². The second-order valence-electron chi connectivity index (χ2n) is 3.83. The minimum absolute atomic E-state index is 0.0726. The number of nitro benzene ring substituents is 1. The van der Waals surface area contributed by atoms with Gasteiger partial charge in [-0.05, 0) is 22.0 Å². The topological polar surface area (TPSA) is 120 Å². The number of hydrogen-bond donors (Lipinski definition) is 1. The first kappa shape index (κ1) is 15.3. The number of sulfonamides is 1. The number of benzene rings is 1. The third-order valence-electron chi connectivity index (χ3n) is 2.39. The number of aromatic nitrogens is 3. The highest BCUT2D eigenvalue weighted by molar-refractivity contribution is 9.10. The van der Waals surface area contributed by atoms with Gasteiger partial charge >= 0.3 is 0 Å². The molecule has 0 spiro atoms. The lowest BCUT2D eigenvalue weighted by molar-refractivity contribution is -0.383. The van der Waals surface area contributed by atoms with Crippen LogP contribution in [0.3, 0.4) is 0 Å². The van der Waals surface area contributed by atoms with Gasteiger partial charge in [0.25, 0.3) is 15.7 Å². The van der Waals surface area contributed by atoms with Crippen LogP contribution in [0.2, 0.25) is 0 Å². The molecule has 2 rings (SSSR count). The SMILES string of the molecule is Cn1nnc(Br)c1S(=O)(=O)Nc1cc(F)ccc1[N+](=O)[O-]. The van der Waals surface area contributed by atoms with Crippen molar-refractivity contribution in [1.29, 1.82) is 0 Å². The van der Waals surface area contributed by atoms with Crippen molar-refractivity contribution in [2.45, 2.75) is 5.03 Å². The summed E-state index contributed by atoms with van der Waals surface area (Å²) >= 11 is 2.91. The monoisotopic (exact) mass is 379 g/mol. The predicted octanol–water partition coefficient (Wildman–Crippen LogP) is 1.43. The molecule has 2 aromatic rings. The minimum Gasteiger partial charge on any atom is -0.272 e. The van der Waals surface area contributed by atoms with Gasteiger partial charge in [0.2, 0.25) is 5.03 Å². The molecule has 1 aromatic carbocycles. The Hall–Kier alpha value is -2.08. The second-order valence-corrected chi connectivity index (χ2v) is 6.18. The zero-order valence-corrected chi connectivity index (χ0v) is 12.7. The van der Waals surface area contributed by atoms with Gasteiger partial charge in [0, 0.05) is 19.2 Å². The molecule has 0 aliphatic heterocycles. The molecule has 0 saturated carbocycles. The lowest BCUT2D eigenvalue weighted by atomic mass is 10.3. The van der Waals surface area contributed by atoms with Crippen molar-refractivity contribution >= 4 is 37.3 Å². The highest BCUT2D eigenvalue weighted by atomic mass is 79.9. The summed E-state index contributed by atoms with van der Waals surface area (Å²) in [5, 5.41) is 17.5. The number of anilines is 1. The highest BCUT2D eigenvalue weighted by Crippen LogP contribution is 2.28. The van der Waals surface area contributed by atoms with E-state index in [9.17, 15) is 22.9 Å². The fraction of sp³-hybridized carbons (Fsp3) is 0.111. The standard InChI is InChI=1S/C9H7BrFN5O4S/c1-15-9(8(10)12-14-15)21(19,20)13-6-4-5(11)2-3-7(6)16(17)18/h2-4,13H,1H3. The van der Waals surface area contributed by atoms with Crippen molar-refractivity contribution in [1.82, 2.24) is 15.0 Å². The second kappa shape index (κ2) is 5.37. The van der Waals surface area contributed by atoms with E-state index in [-0.39, 0.29) is 9.63 Å². The number of hydrogen-bond acceptors (Lipinski definition) is 6. The normalized spacial score (nSPS) is 11.4. The van der Waals surface area contributed by atoms with Gasteiger partial charge in [-0.15, -0.1) is 5.10 Å². The molecule has 112 valence electrons. The molecular weight excluding hydrogens is 373 g/mol. The smallest absolute Gasteiger partial charge is 0.272 e. The lowest BCUT2D eigenvalue weighted by Crippen LogP contribution is -2.18. The van der Waals surface area contributed by atoms with E-state index in [0.717, 1.165) is 16.8 Å². The Morgan fingerprint density at radius 3 is 2.67 bits per heavy atom. The number of nitro groups is 1. The van der Waals surface area contributed by atoms with E-state index >= 15 is 0 Å². The van der Waals surface area contributed by atoms with Gasteiger partial charge in [-0.25, -0.2) is 9.07 Å². The molecule has 0 radical (unpaired) electrons. The average Bonchev–Trinajstić information content (AvgIpc) is 2.68. The summed E-state index contributed by atoms with van der Waals surface area (Å²) in [5.74, 6) is -0.819. The number of aryl methyl sites for hydroxylation is 1. The zero-order valence-electron chi connectivity index (χ0n) is 10.3. The van der Waals surface area contributed by atoms with E-state index in [1.54, 1.807) is 0 Å². The van der Waals surface area contributed by atoms with Crippen LogP contribution >= 0.6 is 15.9 Å². The number of rotatable bonds is 4. The van der Waals surface area contributed by atoms with Crippen LogP contribution in [0.1, 0.15) is 0 Å². The van der Waals surface area contributed by atoms with Crippen molar-refractivity contribution in [3.8, 4) is 0 Å². The summed E-state index contributed by atoms with van der Waals surface area (Å²) in [6, 6.07) is 2.44. The quantitative estimate of drug-likeness (QED) is 0.633. The maximum atomic E-state index is 13.2. The fourth-order valence-corrected chi connectivity index (χ4v) is 3.71. The predicted molar refractivity (Wildman–Crippen MR) is 72.6 cm³/mol. The molecule has 0 unspecified atom stereocenters. The molecule has 0 bridgehead atoms. The van der Waals surface area contributed by atoms with Crippen LogP contribution in [-0.4, -0.2) is 28.3 Å². The first-order valence-electron chi connectivity index (χ1n) is 5.24. The minimum atomic E-state index is -4.23. The molecule has 0 aliphatic rings.